The molecule has 31 heavy (non-hydrogen) atoms. The molecule has 3 heterocycles. The molecule has 0 amide bonds. The molecule has 0 saturated carbocycles. The average molecular weight is 436 g/mol. The fraction of sp³-hybridized carbons (Fsp3) is 0.261. The van der Waals surface area contributed by atoms with Crippen molar-refractivity contribution < 1.29 is 19.0 Å². The molecule has 0 unspecified atom stereocenters. The van der Waals surface area contributed by atoms with Crippen molar-refractivity contribution in [3.05, 3.63) is 79.3 Å². The minimum atomic E-state index is -1.17. The Morgan fingerprint density at radius 3 is 2.81 bits per heavy atom. The molecular weight excluding hydrogens is 416 g/mol. The van der Waals surface area contributed by atoms with Crippen LogP contribution in [0.5, 0.6) is 11.5 Å². The molecule has 3 atom stereocenters. The molecule has 0 radical (unpaired) electrons. The van der Waals surface area contributed by atoms with Crippen molar-refractivity contribution in [1.29, 1.82) is 0 Å². The monoisotopic (exact) mass is 436 g/mol. The number of carbonyl (C=O) groups excluding carboxylic acids is 1. The van der Waals surface area contributed by atoms with Crippen LogP contribution in [0.3, 0.4) is 0 Å². The zero-order valence-electron chi connectivity index (χ0n) is 17.2. The van der Waals surface area contributed by atoms with Gasteiger partial charge in [-0.15, -0.1) is 0 Å². The molecule has 5 rings (SSSR count). The maximum Gasteiger partial charge on any atom is 0.317 e. The fourth-order valence-corrected chi connectivity index (χ4v) is 5.41. The van der Waals surface area contributed by atoms with E-state index in [-0.39, 0.29) is 5.56 Å². The summed E-state index contributed by atoms with van der Waals surface area (Å²) in [6.45, 7) is 1.76. The number of fused-ring (bicyclic) bond motifs is 6. The highest BCUT2D eigenvalue weighted by atomic mass is 32.1. The van der Waals surface area contributed by atoms with E-state index in [0.29, 0.717) is 20.8 Å². The predicted molar refractivity (Wildman–Crippen MR) is 115 cm³/mol. The van der Waals surface area contributed by atoms with Crippen molar-refractivity contribution in [1.82, 2.24) is 4.57 Å². The Kier molecular flexibility index (Phi) is 4.48. The van der Waals surface area contributed by atoms with Crippen LogP contribution in [0.25, 0.3) is 6.08 Å². The highest BCUT2D eigenvalue weighted by molar-refractivity contribution is 7.07. The Morgan fingerprint density at radius 1 is 1.23 bits per heavy atom. The largest absolute Gasteiger partial charge is 0.497 e. The highest BCUT2D eigenvalue weighted by Crippen LogP contribution is 2.47. The van der Waals surface area contributed by atoms with E-state index >= 15 is 0 Å². The maximum atomic E-state index is 13.5. The van der Waals surface area contributed by atoms with Crippen molar-refractivity contribution in [2.75, 3.05) is 14.2 Å². The van der Waals surface area contributed by atoms with Crippen LogP contribution in [0, 0.1) is 5.92 Å². The molecule has 2 aliphatic heterocycles. The van der Waals surface area contributed by atoms with Crippen LogP contribution in [-0.4, -0.2) is 30.5 Å². The van der Waals surface area contributed by atoms with Crippen LogP contribution < -0.4 is 24.4 Å². The van der Waals surface area contributed by atoms with Gasteiger partial charge in [-0.05, 0) is 36.8 Å². The first-order valence-electron chi connectivity index (χ1n) is 9.78. The fourth-order valence-electron chi connectivity index (χ4n) is 4.31. The number of benzene rings is 2. The van der Waals surface area contributed by atoms with Crippen molar-refractivity contribution in [3.63, 3.8) is 0 Å². The number of methoxy groups -OCH3 is 2. The summed E-state index contributed by atoms with van der Waals surface area (Å²) in [7, 11) is 2.93. The van der Waals surface area contributed by atoms with Crippen LogP contribution in [0.2, 0.25) is 0 Å². The van der Waals surface area contributed by atoms with Gasteiger partial charge in [-0.2, -0.15) is 0 Å². The van der Waals surface area contributed by atoms with Crippen molar-refractivity contribution in [2.24, 2.45) is 10.9 Å². The smallest absolute Gasteiger partial charge is 0.317 e. The number of rotatable bonds is 3. The second-order valence-corrected chi connectivity index (χ2v) is 8.61. The first-order chi connectivity index (χ1) is 14.9. The summed E-state index contributed by atoms with van der Waals surface area (Å²) in [6.07, 6.45) is 1.81. The van der Waals surface area contributed by atoms with Gasteiger partial charge >= 0.3 is 5.97 Å². The van der Waals surface area contributed by atoms with Gasteiger partial charge in [0.15, 0.2) is 4.80 Å². The third kappa shape index (κ3) is 2.97. The van der Waals surface area contributed by atoms with E-state index < -0.39 is 23.7 Å². The van der Waals surface area contributed by atoms with Crippen LogP contribution in [0.15, 0.2) is 58.3 Å². The summed E-state index contributed by atoms with van der Waals surface area (Å²) < 4.78 is 18.6. The summed E-state index contributed by atoms with van der Waals surface area (Å²) in [5.41, 5.74) is 0.228. The van der Waals surface area contributed by atoms with Crippen molar-refractivity contribution >= 4 is 23.4 Å². The Balaban J connectivity index is 1.77. The van der Waals surface area contributed by atoms with Crippen molar-refractivity contribution in [2.45, 2.75) is 18.7 Å². The molecule has 2 aromatic carbocycles. The molecule has 3 aromatic rings. The number of nitrogens with zero attached hydrogens (tertiary/aromatic N) is 2. The SMILES string of the molecule is COC(=O)[C@H]1[C@H]2c3ccccc3O[C@@]1(C)N=c1sc(=Cc3cccc(OC)c3)c(=O)n12. The van der Waals surface area contributed by atoms with Gasteiger partial charge in [0.25, 0.3) is 5.56 Å². The normalized spacial score (nSPS) is 23.8. The number of hydrogen-bond donors (Lipinski definition) is 0. The van der Waals surface area contributed by atoms with Gasteiger partial charge in [0, 0.05) is 5.56 Å². The number of ether oxygens (including phenoxy) is 3. The van der Waals surface area contributed by atoms with E-state index in [1.807, 2.05) is 54.6 Å². The number of para-hydroxylation sites is 1. The van der Waals surface area contributed by atoms with E-state index in [0.717, 1.165) is 11.1 Å². The molecule has 158 valence electrons. The molecular formula is C23H20N2O5S. The van der Waals surface area contributed by atoms with Crippen LogP contribution in [-0.2, 0) is 9.53 Å². The average Bonchev–Trinajstić information content (AvgIpc) is 3.06. The van der Waals surface area contributed by atoms with E-state index in [1.54, 1.807) is 18.6 Å². The third-order valence-corrected chi connectivity index (χ3v) is 6.71. The molecule has 0 spiro atoms. The van der Waals surface area contributed by atoms with E-state index in [1.165, 1.54) is 18.4 Å². The van der Waals surface area contributed by atoms with E-state index in [2.05, 4.69) is 0 Å². The second-order valence-electron chi connectivity index (χ2n) is 7.60. The standard InChI is InChI=1S/C23H20N2O5S/c1-23-18(21(27)29-3)19(15-9-4-5-10-16(15)30-23)25-20(26)17(31-22(25)24-23)12-13-7-6-8-14(11-13)28-2/h4-12,18-19H,1-3H3/t18-,19-,23-/m1/s1. The highest BCUT2D eigenvalue weighted by Gasteiger charge is 2.55. The number of aromatic nitrogens is 1. The third-order valence-electron chi connectivity index (χ3n) is 5.73. The van der Waals surface area contributed by atoms with Crippen LogP contribution >= 0.6 is 11.3 Å². The van der Waals surface area contributed by atoms with Crippen LogP contribution in [0.1, 0.15) is 24.1 Å². The first kappa shape index (κ1) is 19.6. The number of carbonyl (C=O) groups is 1. The van der Waals surface area contributed by atoms with Gasteiger partial charge in [0.2, 0.25) is 5.72 Å². The molecule has 7 nitrogen and oxygen atoms in total. The summed E-state index contributed by atoms with van der Waals surface area (Å²) in [6, 6.07) is 14.3. The van der Waals surface area contributed by atoms with Gasteiger partial charge in [0.05, 0.1) is 24.8 Å². The summed E-state index contributed by atoms with van der Waals surface area (Å²) >= 11 is 1.28. The maximum absolute atomic E-state index is 13.5. The molecule has 8 heteroatoms. The van der Waals surface area contributed by atoms with Gasteiger partial charge in [0.1, 0.15) is 17.4 Å². The minimum Gasteiger partial charge on any atom is -0.497 e. The summed E-state index contributed by atoms with van der Waals surface area (Å²) in [5, 5.41) is 0. The van der Waals surface area contributed by atoms with Gasteiger partial charge in [-0.3, -0.25) is 14.2 Å². The number of hydrogen-bond acceptors (Lipinski definition) is 7. The molecule has 0 N–H and O–H groups in total. The zero-order chi connectivity index (χ0) is 21.8. The lowest BCUT2D eigenvalue weighted by Crippen LogP contribution is -2.58. The van der Waals surface area contributed by atoms with Gasteiger partial charge in [-0.1, -0.05) is 41.7 Å². The Labute approximate surface area is 181 Å². The minimum absolute atomic E-state index is 0.204. The lowest BCUT2D eigenvalue weighted by atomic mass is 9.81. The Morgan fingerprint density at radius 2 is 2.03 bits per heavy atom. The zero-order valence-corrected chi connectivity index (χ0v) is 18.0. The van der Waals surface area contributed by atoms with Gasteiger partial charge < -0.3 is 14.2 Å². The van der Waals surface area contributed by atoms with Crippen LogP contribution in [0.4, 0.5) is 0 Å². The van der Waals surface area contributed by atoms with Gasteiger partial charge in [-0.25, -0.2) is 4.99 Å². The lowest BCUT2D eigenvalue weighted by molar-refractivity contribution is -0.158. The van der Waals surface area contributed by atoms with Crippen molar-refractivity contribution in [3.8, 4) is 11.5 Å². The Hall–Kier alpha value is -3.39. The quantitative estimate of drug-likeness (QED) is 0.586. The molecule has 1 aromatic heterocycles. The predicted octanol–water partition coefficient (Wildman–Crippen LogP) is 1.87. The molecule has 2 bridgehead atoms. The lowest BCUT2D eigenvalue weighted by Gasteiger charge is -2.44. The molecule has 0 saturated heterocycles. The first-order valence-corrected chi connectivity index (χ1v) is 10.6. The Bertz CT molecular complexity index is 1380. The number of thiazole rings is 1. The topological polar surface area (TPSA) is 79.1 Å². The van der Waals surface area contributed by atoms with E-state index in [4.69, 9.17) is 19.2 Å². The molecule has 0 fully saturated rings. The molecule has 2 aliphatic rings. The summed E-state index contributed by atoms with van der Waals surface area (Å²) in [5.74, 6) is 0.0713. The molecule has 0 aliphatic carbocycles. The number of esters is 1. The second kappa shape index (κ2) is 7.09. The van der Waals surface area contributed by atoms with E-state index in [9.17, 15) is 9.59 Å². The summed E-state index contributed by atoms with van der Waals surface area (Å²) in [4.78, 5) is 31.5.